The van der Waals surface area contributed by atoms with E-state index < -0.39 is 11.4 Å². The number of amides is 1. The molecular weight excluding hydrogens is 324 g/mol. The summed E-state index contributed by atoms with van der Waals surface area (Å²) in [7, 11) is 0. The zero-order chi connectivity index (χ0) is 17.6. The van der Waals surface area contributed by atoms with Gasteiger partial charge in [-0.2, -0.15) is 0 Å². The predicted molar refractivity (Wildman–Crippen MR) is 96.2 cm³/mol. The molecule has 0 fully saturated rings. The summed E-state index contributed by atoms with van der Waals surface area (Å²) in [5, 5.41) is 12.6. The van der Waals surface area contributed by atoms with E-state index in [0.29, 0.717) is 19.4 Å². The lowest BCUT2D eigenvalue weighted by Crippen LogP contribution is -2.42. The van der Waals surface area contributed by atoms with E-state index in [-0.39, 0.29) is 12.3 Å². The Morgan fingerprint density at radius 3 is 2.58 bits per heavy atom. The van der Waals surface area contributed by atoms with E-state index in [2.05, 4.69) is 10.3 Å². The van der Waals surface area contributed by atoms with Gasteiger partial charge in [-0.25, -0.2) is 4.98 Å². The van der Waals surface area contributed by atoms with Gasteiger partial charge >= 0.3 is 5.97 Å². The maximum atomic E-state index is 12.7. The highest BCUT2D eigenvalue weighted by Gasteiger charge is 2.35. The van der Waals surface area contributed by atoms with Crippen LogP contribution in [0, 0.1) is 5.41 Å². The van der Waals surface area contributed by atoms with Gasteiger partial charge in [-0.1, -0.05) is 26.0 Å². The van der Waals surface area contributed by atoms with Crippen molar-refractivity contribution in [1.29, 1.82) is 0 Å². The summed E-state index contributed by atoms with van der Waals surface area (Å²) in [6, 6.07) is 7.99. The van der Waals surface area contributed by atoms with Gasteiger partial charge in [0.15, 0.2) is 0 Å². The number of hydrogen-bond acceptors (Lipinski definition) is 4. The fourth-order valence-corrected chi connectivity index (χ4v) is 3.93. The first kappa shape index (κ1) is 18.4. The second kappa shape index (κ2) is 8.24. The Bertz CT molecular complexity index is 674. The van der Waals surface area contributed by atoms with E-state index in [0.717, 1.165) is 28.1 Å². The molecule has 0 atom stereocenters. The molecule has 2 rings (SSSR count). The molecule has 1 aromatic carbocycles. The minimum absolute atomic E-state index is 0.00264. The highest BCUT2D eigenvalue weighted by Crippen LogP contribution is 2.34. The molecule has 0 aliphatic heterocycles. The van der Waals surface area contributed by atoms with Crippen molar-refractivity contribution < 1.29 is 14.7 Å². The van der Waals surface area contributed by atoms with Crippen molar-refractivity contribution in [2.75, 3.05) is 6.54 Å². The molecule has 0 radical (unpaired) electrons. The van der Waals surface area contributed by atoms with Gasteiger partial charge in [0.2, 0.25) is 5.91 Å². The van der Waals surface area contributed by atoms with Gasteiger partial charge < -0.3 is 10.4 Å². The first-order chi connectivity index (χ1) is 11.5. The quantitative estimate of drug-likeness (QED) is 0.678. The highest BCUT2D eigenvalue weighted by molar-refractivity contribution is 7.18. The summed E-state index contributed by atoms with van der Waals surface area (Å²) in [6.45, 7) is 4.44. The van der Waals surface area contributed by atoms with Gasteiger partial charge in [-0.3, -0.25) is 9.59 Å². The third kappa shape index (κ3) is 4.32. The van der Waals surface area contributed by atoms with Crippen LogP contribution in [0.2, 0.25) is 0 Å². The molecule has 0 saturated carbocycles. The van der Waals surface area contributed by atoms with Crippen LogP contribution in [-0.2, 0) is 16.0 Å². The van der Waals surface area contributed by atoms with Crippen LogP contribution in [0.3, 0.4) is 0 Å². The van der Waals surface area contributed by atoms with Crippen LogP contribution in [0.4, 0.5) is 0 Å². The molecule has 0 spiro atoms. The largest absolute Gasteiger partial charge is 0.481 e. The molecule has 6 heteroatoms. The molecule has 1 aromatic heterocycles. The molecule has 0 saturated heterocycles. The molecular formula is C18H24N2O3S. The molecule has 0 unspecified atom stereocenters. The number of thiazole rings is 1. The van der Waals surface area contributed by atoms with Gasteiger partial charge in [0.05, 0.1) is 20.6 Å². The Balaban J connectivity index is 2.08. The first-order valence-electron chi connectivity index (χ1n) is 8.35. The maximum Gasteiger partial charge on any atom is 0.303 e. The number of carboxylic acids is 1. The fourth-order valence-electron chi connectivity index (χ4n) is 2.82. The predicted octanol–water partition coefficient (Wildman–Crippen LogP) is 3.63. The molecule has 24 heavy (non-hydrogen) atoms. The Morgan fingerprint density at radius 1 is 1.25 bits per heavy atom. The molecule has 0 aliphatic carbocycles. The number of carbonyl (C=O) groups excluding carboxylic acids is 1. The second-order valence-electron chi connectivity index (χ2n) is 5.99. The molecule has 0 aliphatic rings. The van der Waals surface area contributed by atoms with Crippen molar-refractivity contribution in [3.63, 3.8) is 0 Å². The molecule has 130 valence electrons. The molecule has 1 amide bonds. The number of nitrogens with zero attached hydrogens (tertiary/aromatic N) is 1. The van der Waals surface area contributed by atoms with E-state index in [4.69, 9.17) is 5.11 Å². The maximum absolute atomic E-state index is 12.7. The first-order valence-corrected chi connectivity index (χ1v) is 9.17. The third-order valence-corrected chi connectivity index (χ3v) is 5.55. The number of aliphatic carboxylic acids is 1. The average molecular weight is 348 g/mol. The number of para-hydroxylation sites is 1. The van der Waals surface area contributed by atoms with Crippen LogP contribution in [0.1, 0.15) is 44.5 Å². The Labute approximate surface area is 146 Å². The van der Waals surface area contributed by atoms with Gasteiger partial charge in [0, 0.05) is 19.4 Å². The van der Waals surface area contributed by atoms with Crippen molar-refractivity contribution in [3.8, 4) is 0 Å². The van der Waals surface area contributed by atoms with Crippen LogP contribution < -0.4 is 5.32 Å². The van der Waals surface area contributed by atoms with Gasteiger partial charge in [0.1, 0.15) is 0 Å². The summed E-state index contributed by atoms with van der Waals surface area (Å²) >= 11 is 1.64. The summed E-state index contributed by atoms with van der Waals surface area (Å²) < 4.78 is 1.13. The lowest BCUT2D eigenvalue weighted by Gasteiger charge is -2.29. The van der Waals surface area contributed by atoms with Crippen molar-refractivity contribution in [2.45, 2.75) is 46.0 Å². The molecule has 5 nitrogen and oxygen atoms in total. The SMILES string of the molecule is CCC(CC)(Cc1nc2ccccc2s1)C(=O)NCCCC(=O)O. The van der Waals surface area contributed by atoms with E-state index in [1.165, 1.54) is 0 Å². The molecule has 0 bridgehead atoms. The van der Waals surface area contributed by atoms with Crippen LogP contribution in [-0.4, -0.2) is 28.5 Å². The molecule has 2 aromatic rings. The molecule has 2 N–H and O–H groups in total. The summed E-state index contributed by atoms with van der Waals surface area (Å²) in [5.41, 5.74) is 0.484. The van der Waals surface area contributed by atoms with Crippen LogP contribution >= 0.6 is 11.3 Å². The normalized spacial score (nSPS) is 11.6. The lowest BCUT2D eigenvalue weighted by atomic mass is 9.78. The highest BCUT2D eigenvalue weighted by atomic mass is 32.1. The minimum Gasteiger partial charge on any atom is -0.481 e. The number of fused-ring (bicyclic) bond motifs is 1. The Hall–Kier alpha value is -1.95. The second-order valence-corrected chi connectivity index (χ2v) is 7.11. The average Bonchev–Trinajstić information content (AvgIpc) is 2.98. The summed E-state index contributed by atoms with van der Waals surface area (Å²) in [5.74, 6) is -0.840. The molecule has 1 heterocycles. The van der Waals surface area contributed by atoms with E-state index in [1.54, 1.807) is 11.3 Å². The van der Waals surface area contributed by atoms with E-state index >= 15 is 0 Å². The van der Waals surface area contributed by atoms with E-state index in [9.17, 15) is 9.59 Å². The van der Waals surface area contributed by atoms with Crippen molar-refractivity contribution in [1.82, 2.24) is 10.3 Å². The van der Waals surface area contributed by atoms with Crippen molar-refractivity contribution >= 4 is 33.4 Å². The summed E-state index contributed by atoms with van der Waals surface area (Å²) in [6.07, 6.45) is 2.59. The minimum atomic E-state index is -0.837. The van der Waals surface area contributed by atoms with Crippen molar-refractivity contribution in [2.24, 2.45) is 5.41 Å². The summed E-state index contributed by atoms with van der Waals surface area (Å²) in [4.78, 5) is 27.9. The lowest BCUT2D eigenvalue weighted by molar-refractivity contribution is -0.137. The number of hydrogen-bond donors (Lipinski definition) is 2. The zero-order valence-corrected chi connectivity index (χ0v) is 15.0. The smallest absolute Gasteiger partial charge is 0.303 e. The number of carbonyl (C=O) groups is 2. The van der Waals surface area contributed by atoms with Crippen LogP contribution in [0.5, 0.6) is 0 Å². The number of nitrogens with one attached hydrogen (secondary N) is 1. The van der Waals surface area contributed by atoms with E-state index in [1.807, 2.05) is 38.1 Å². The van der Waals surface area contributed by atoms with Crippen molar-refractivity contribution in [3.05, 3.63) is 29.3 Å². The van der Waals surface area contributed by atoms with Gasteiger partial charge in [0.25, 0.3) is 0 Å². The fraction of sp³-hybridized carbons (Fsp3) is 0.500. The number of rotatable bonds is 9. The van der Waals surface area contributed by atoms with Gasteiger partial charge in [-0.05, 0) is 31.4 Å². The van der Waals surface area contributed by atoms with Gasteiger partial charge in [-0.15, -0.1) is 11.3 Å². The standard InChI is InChI=1S/C18H24N2O3S/c1-3-18(4-2,17(23)19-11-7-10-16(21)22)12-15-20-13-8-5-6-9-14(13)24-15/h5-6,8-9H,3-4,7,10-12H2,1-2H3,(H,19,23)(H,21,22). The Kier molecular flexibility index (Phi) is 6.31. The number of aromatic nitrogens is 1. The monoisotopic (exact) mass is 348 g/mol. The number of carboxylic acid groups (broad SMARTS) is 1. The zero-order valence-electron chi connectivity index (χ0n) is 14.2. The Morgan fingerprint density at radius 2 is 1.96 bits per heavy atom. The third-order valence-electron chi connectivity index (χ3n) is 4.52. The topological polar surface area (TPSA) is 79.3 Å². The van der Waals surface area contributed by atoms with Crippen LogP contribution in [0.15, 0.2) is 24.3 Å². The van der Waals surface area contributed by atoms with Crippen LogP contribution in [0.25, 0.3) is 10.2 Å². The number of benzene rings is 1.